The minimum atomic E-state index is -3.71. The molecule has 8 heteroatoms. The number of anilines is 1. The molecule has 1 atom stereocenters. The highest BCUT2D eigenvalue weighted by Gasteiger charge is 2.39. The van der Waals surface area contributed by atoms with Crippen LogP contribution in [0.4, 0.5) is 5.82 Å². The van der Waals surface area contributed by atoms with Crippen molar-refractivity contribution in [3.63, 3.8) is 0 Å². The maximum absolute atomic E-state index is 12.8. The second kappa shape index (κ2) is 6.37. The van der Waals surface area contributed by atoms with Gasteiger partial charge in [-0.25, -0.2) is 8.42 Å². The molecule has 0 aliphatic carbocycles. The summed E-state index contributed by atoms with van der Waals surface area (Å²) in [6.07, 6.45) is 1.12. The summed E-state index contributed by atoms with van der Waals surface area (Å²) in [7, 11) is -3.71. The van der Waals surface area contributed by atoms with Gasteiger partial charge in [-0.2, -0.15) is 4.31 Å². The lowest BCUT2D eigenvalue weighted by Gasteiger charge is -2.23. The normalized spacial score (nSPS) is 18.7. The fourth-order valence-corrected chi connectivity index (χ4v) is 4.43. The fourth-order valence-electron chi connectivity index (χ4n) is 2.77. The number of aromatic nitrogens is 1. The van der Waals surface area contributed by atoms with E-state index in [1.165, 1.54) is 4.31 Å². The summed E-state index contributed by atoms with van der Waals surface area (Å²) in [4.78, 5) is 12.7. The van der Waals surface area contributed by atoms with E-state index in [9.17, 15) is 13.2 Å². The molecule has 0 saturated carbocycles. The molecule has 1 aliphatic rings. The summed E-state index contributed by atoms with van der Waals surface area (Å²) in [6.45, 7) is 3.93. The molecule has 0 unspecified atom stereocenters. The third kappa shape index (κ3) is 3.20. The van der Waals surface area contributed by atoms with Crippen LogP contribution in [-0.2, 0) is 14.8 Å². The highest BCUT2D eigenvalue weighted by molar-refractivity contribution is 7.89. The van der Waals surface area contributed by atoms with Gasteiger partial charge in [0.2, 0.25) is 15.9 Å². The molecule has 0 radical (unpaired) electrons. The molecule has 2 aromatic rings. The van der Waals surface area contributed by atoms with Crippen LogP contribution in [0, 0.1) is 13.8 Å². The second-order valence-corrected chi connectivity index (χ2v) is 7.79. The van der Waals surface area contributed by atoms with Crippen LogP contribution in [-0.4, -0.2) is 36.4 Å². The first-order valence-electron chi connectivity index (χ1n) is 7.70. The number of hydrogen-bond acceptors (Lipinski definition) is 5. The van der Waals surface area contributed by atoms with Crippen molar-refractivity contribution < 1.29 is 17.7 Å². The zero-order valence-electron chi connectivity index (χ0n) is 13.5. The number of amides is 1. The Bertz CT molecular complexity index is 842. The summed E-state index contributed by atoms with van der Waals surface area (Å²) in [5.74, 6) is 0.467. The minimum absolute atomic E-state index is 0.199. The molecular formula is C16H19N3O4S. The van der Waals surface area contributed by atoms with E-state index in [0.717, 1.165) is 5.56 Å². The van der Waals surface area contributed by atoms with Crippen LogP contribution in [0.25, 0.3) is 0 Å². The number of rotatable bonds is 4. The van der Waals surface area contributed by atoms with Gasteiger partial charge in [0.1, 0.15) is 11.8 Å². The molecule has 24 heavy (non-hydrogen) atoms. The molecule has 0 spiro atoms. The van der Waals surface area contributed by atoms with Gasteiger partial charge in [-0.05, 0) is 38.8 Å². The van der Waals surface area contributed by atoms with Crippen LogP contribution >= 0.6 is 0 Å². The van der Waals surface area contributed by atoms with E-state index in [0.29, 0.717) is 25.1 Å². The molecule has 1 amide bonds. The number of carbonyl (C=O) groups excluding carboxylic acids is 1. The van der Waals surface area contributed by atoms with Crippen molar-refractivity contribution in [2.45, 2.75) is 37.6 Å². The molecular weight excluding hydrogens is 330 g/mol. The van der Waals surface area contributed by atoms with E-state index in [-0.39, 0.29) is 10.7 Å². The van der Waals surface area contributed by atoms with Gasteiger partial charge < -0.3 is 9.84 Å². The van der Waals surface area contributed by atoms with E-state index in [2.05, 4.69) is 10.5 Å². The van der Waals surface area contributed by atoms with Crippen molar-refractivity contribution in [1.82, 2.24) is 9.46 Å². The number of benzene rings is 1. The predicted octanol–water partition coefficient (Wildman–Crippen LogP) is 2.08. The Morgan fingerprint density at radius 1 is 1.29 bits per heavy atom. The third-order valence-electron chi connectivity index (χ3n) is 4.01. The van der Waals surface area contributed by atoms with Gasteiger partial charge in [0, 0.05) is 12.6 Å². The van der Waals surface area contributed by atoms with Crippen molar-refractivity contribution in [2.24, 2.45) is 0 Å². The number of hydrogen-bond donors (Lipinski definition) is 1. The van der Waals surface area contributed by atoms with Crippen molar-refractivity contribution in [3.8, 4) is 0 Å². The van der Waals surface area contributed by atoms with E-state index < -0.39 is 22.0 Å². The average molecular weight is 349 g/mol. The molecule has 1 aromatic heterocycles. The molecule has 0 bridgehead atoms. The van der Waals surface area contributed by atoms with Crippen molar-refractivity contribution in [3.05, 3.63) is 41.7 Å². The van der Waals surface area contributed by atoms with E-state index in [4.69, 9.17) is 4.52 Å². The van der Waals surface area contributed by atoms with Gasteiger partial charge >= 0.3 is 0 Å². The van der Waals surface area contributed by atoms with Gasteiger partial charge in [-0.3, -0.25) is 4.79 Å². The molecule has 128 valence electrons. The Kier molecular flexibility index (Phi) is 4.42. The summed E-state index contributed by atoms with van der Waals surface area (Å²) in [6, 6.07) is 7.48. The van der Waals surface area contributed by atoms with Gasteiger partial charge in [-0.15, -0.1) is 0 Å². The zero-order valence-corrected chi connectivity index (χ0v) is 14.3. The van der Waals surface area contributed by atoms with E-state index >= 15 is 0 Å². The topological polar surface area (TPSA) is 92.5 Å². The maximum Gasteiger partial charge on any atom is 0.244 e. The third-order valence-corrected chi connectivity index (χ3v) is 5.94. The highest BCUT2D eigenvalue weighted by Crippen LogP contribution is 2.27. The lowest BCUT2D eigenvalue weighted by Crippen LogP contribution is -2.43. The Labute approximate surface area is 140 Å². The quantitative estimate of drug-likeness (QED) is 0.912. The van der Waals surface area contributed by atoms with Gasteiger partial charge in [0.15, 0.2) is 5.82 Å². The first kappa shape index (κ1) is 16.7. The summed E-state index contributed by atoms with van der Waals surface area (Å²) < 4.78 is 31.8. The van der Waals surface area contributed by atoms with Crippen molar-refractivity contribution in [1.29, 1.82) is 0 Å². The van der Waals surface area contributed by atoms with E-state index in [1.54, 1.807) is 37.3 Å². The second-order valence-electron chi connectivity index (χ2n) is 5.90. The van der Waals surface area contributed by atoms with Gasteiger partial charge in [-0.1, -0.05) is 22.9 Å². The average Bonchev–Trinajstić information content (AvgIpc) is 3.17. The molecule has 7 nitrogen and oxygen atoms in total. The first-order valence-corrected chi connectivity index (χ1v) is 9.14. The standard InChI is InChI=1S/C16H19N3O4S/c1-11-5-7-13(8-6-11)24(21,22)19-9-3-4-14(19)16(20)17-15-10-12(2)23-18-15/h5-8,10,14H,3-4,9H2,1-2H3,(H,17,18,20)/t14-/m1/s1. The number of aryl methyl sites for hydroxylation is 2. The van der Waals surface area contributed by atoms with Crippen LogP contribution in [0.1, 0.15) is 24.2 Å². The summed E-state index contributed by atoms with van der Waals surface area (Å²) in [5, 5.41) is 6.32. The SMILES string of the molecule is Cc1ccc(S(=O)(=O)N2CCC[C@@H]2C(=O)Nc2cc(C)on2)cc1. The molecule has 1 N–H and O–H groups in total. The Hall–Kier alpha value is -2.19. The van der Waals surface area contributed by atoms with Crippen molar-refractivity contribution in [2.75, 3.05) is 11.9 Å². The highest BCUT2D eigenvalue weighted by atomic mass is 32.2. The predicted molar refractivity (Wildman–Crippen MR) is 88.0 cm³/mol. The molecule has 2 heterocycles. The van der Waals surface area contributed by atoms with Crippen LogP contribution in [0.2, 0.25) is 0 Å². The molecule has 1 saturated heterocycles. The molecule has 1 aromatic carbocycles. The lowest BCUT2D eigenvalue weighted by atomic mass is 10.2. The molecule has 1 aliphatic heterocycles. The summed E-state index contributed by atoms with van der Waals surface area (Å²) in [5.41, 5.74) is 0.978. The van der Waals surface area contributed by atoms with Crippen LogP contribution in [0.15, 0.2) is 39.8 Å². The van der Waals surface area contributed by atoms with Gasteiger partial charge in [0.25, 0.3) is 0 Å². The Morgan fingerprint density at radius 2 is 2.00 bits per heavy atom. The monoisotopic (exact) mass is 349 g/mol. The largest absolute Gasteiger partial charge is 0.360 e. The summed E-state index contributed by atoms with van der Waals surface area (Å²) >= 11 is 0. The molecule has 1 fully saturated rings. The smallest absolute Gasteiger partial charge is 0.244 e. The van der Waals surface area contributed by atoms with Crippen LogP contribution < -0.4 is 5.32 Å². The van der Waals surface area contributed by atoms with Gasteiger partial charge in [0.05, 0.1) is 4.90 Å². The number of carbonyl (C=O) groups is 1. The molecule has 3 rings (SSSR count). The minimum Gasteiger partial charge on any atom is -0.360 e. The number of nitrogens with one attached hydrogen (secondary N) is 1. The number of sulfonamides is 1. The first-order chi connectivity index (χ1) is 11.4. The van der Waals surface area contributed by atoms with Crippen LogP contribution in [0.3, 0.4) is 0 Å². The zero-order chi connectivity index (χ0) is 17.3. The fraction of sp³-hybridized carbons (Fsp3) is 0.375. The van der Waals surface area contributed by atoms with Crippen LogP contribution in [0.5, 0.6) is 0 Å². The Balaban J connectivity index is 1.81. The maximum atomic E-state index is 12.8. The van der Waals surface area contributed by atoms with E-state index in [1.807, 2.05) is 6.92 Å². The number of nitrogens with zero attached hydrogens (tertiary/aromatic N) is 2. The van der Waals surface area contributed by atoms with Crippen molar-refractivity contribution >= 4 is 21.7 Å². The lowest BCUT2D eigenvalue weighted by molar-refractivity contribution is -0.119. The Morgan fingerprint density at radius 3 is 2.62 bits per heavy atom.